The molecule has 0 radical (unpaired) electrons. The van der Waals surface area contributed by atoms with E-state index >= 15 is 0 Å². The van der Waals surface area contributed by atoms with Crippen LogP contribution in [0.1, 0.15) is 44.2 Å². The number of halogens is 1. The fourth-order valence-electron chi connectivity index (χ4n) is 5.31. The molecule has 20 heavy (non-hydrogen) atoms. The summed E-state index contributed by atoms with van der Waals surface area (Å²) in [7, 11) is 0. The van der Waals surface area contributed by atoms with Crippen molar-refractivity contribution in [2.24, 2.45) is 29.6 Å². The Morgan fingerprint density at radius 1 is 1.25 bits per heavy atom. The van der Waals surface area contributed by atoms with Gasteiger partial charge in [-0.25, -0.2) is 0 Å². The van der Waals surface area contributed by atoms with E-state index in [4.69, 9.17) is 11.6 Å². The molecule has 5 unspecified atom stereocenters. The highest BCUT2D eigenvalue weighted by molar-refractivity contribution is 6.30. The molecule has 1 nitrogen and oxygen atoms in total. The SMILES string of the molecule is CCCNC(c1cccc(Cl)c1)C1C2C3CCC(C3)C21. The predicted octanol–water partition coefficient (Wildman–Crippen LogP) is 4.67. The van der Waals surface area contributed by atoms with Gasteiger partial charge in [0, 0.05) is 11.1 Å². The topological polar surface area (TPSA) is 12.0 Å². The second-order valence-corrected chi connectivity index (χ2v) is 7.49. The molecule has 0 heterocycles. The van der Waals surface area contributed by atoms with Gasteiger partial charge in [0.2, 0.25) is 0 Å². The average Bonchev–Trinajstić information content (AvgIpc) is 2.87. The molecule has 3 aliphatic carbocycles. The van der Waals surface area contributed by atoms with E-state index in [1.807, 2.05) is 6.07 Å². The highest BCUT2D eigenvalue weighted by Gasteiger charge is 2.66. The third-order valence-corrected chi connectivity index (χ3v) is 6.24. The van der Waals surface area contributed by atoms with Crippen molar-refractivity contribution in [3.63, 3.8) is 0 Å². The quantitative estimate of drug-likeness (QED) is 0.830. The highest BCUT2D eigenvalue weighted by Crippen LogP contribution is 2.72. The first-order valence-corrected chi connectivity index (χ1v) is 8.66. The molecular formula is C18H24ClN. The van der Waals surface area contributed by atoms with Crippen molar-refractivity contribution in [3.05, 3.63) is 34.9 Å². The highest BCUT2D eigenvalue weighted by atomic mass is 35.5. The van der Waals surface area contributed by atoms with Gasteiger partial charge in [0.25, 0.3) is 0 Å². The molecule has 0 aromatic heterocycles. The summed E-state index contributed by atoms with van der Waals surface area (Å²) in [5.41, 5.74) is 1.41. The van der Waals surface area contributed by atoms with Gasteiger partial charge in [-0.05, 0) is 79.5 Å². The van der Waals surface area contributed by atoms with Gasteiger partial charge in [0.1, 0.15) is 0 Å². The van der Waals surface area contributed by atoms with Crippen LogP contribution < -0.4 is 5.32 Å². The van der Waals surface area contributed by atoms with Crippen LogP contribution in [0.2, 0.25) is 5.02 Å². The lowest BCUT2D eigenvalue weighted by atomic mass is 9.93. The number of rotatable bonds is 5. The van der Waals surface area contributed by atoms with Crippen LogP contribution in [0.25, 0.3) is 0 Å². The largest absolute Gasteiger partial charge is 0.310 e. The normalized spacial score (nSPS) is 38.8. The van der Waals surface area contributed by atoms with E-state index in [2.05, 4.69) is 30.4 Å². The van der Waals surface area contributed by atoms with Crippen molar-refractivity contribution in [2.75, 3.05) is 6.54 Å². The second-order valence-electron chi connectivity index (χ2n) is 7.05. The molecule has 0 aliphatic heterocycles. The van der Waals surface area contributed by atoms with Crippen LogP contribution in [-0.2, 0) is 0 Å². The van der Waals surface area contributed by atoms with E-state index in [1.54, 1.807) is 0 Å². The summed E-state index contributed by atoms with van der Waals surface area (Å²) in [6, 6.07) is 9.05. The molecule has 0 saturated heterocycles. The summed E-state index contributed by atoms with van der Waals surface area (Å²) < 4.78 is 0. The number of hydrogen-bond acceptors (Lipinski definition) is 1. The first-order chi connectivity index (χ1) is 9.79. The van der Waals surface area contributed by atoms with E-state index in [0.717, 1.165) is 41.2 Å². The van der Waals surface area contributed by atoms with Crippen LogP contribution in [0, 0.1) is 29.6 Å². The molecule has 0 amide bonds. The Balaban J connectivity index is 1.57. The molecule has 5 atom stereocenters. The Morgan fingerprint density at radius 2 is 2.00 bits per heavy atom. The summed E-state index contributed by atoms with van der Waals surface area (Å²) in [6.07, 6.45) is 5.73. The lowest BCUT2D eigenvalue weighted by molar-refractivity contribution is 0.370. The second kappa shape index (κ2) is 5.03. The first-order valence-electron chi connectivity index (χ1n) is 8.28. The third kappa shape index (κ3) is 2.02. The van der Waals surface area contributed by atoms with Crippen LogP contribution in [0.4, 0.5) is 0 Å². The monoisotopic (exact) mass is 289 g/mol. The van der Waals surface area contributed by atoms with Crippen molar-refractivity contribution >= 4 is 11.6 Å². The molecule has 0 spiro atoms. The van der Waals surface area contributed by atoms with Crippen LogP contribution in [0.3, 0.4) is 0 Å². The van der Waals surface area contributed by atoms with E-state index in [0.29, 0.717) is 6.04 Å². The molecule has 1 aromatic carbocycles. The van der Waals surface area contributed by atoms with Crippen molar-refractivity contribution < 1.29 is 0 Å². The zero-order valence-electron chi connectivity index (χ0n) is 12.2. The zero-order valence-corrected chi connectivity index (χ0v) is 12.9. The van der Waals surface area contributed by atoms with Gasteiger partial charge in [0.15, 0.2) is 0 Å². The number of fused-ring (bicyclic) bond motifs is 5. The van der Waals surface area contributed by atoms with Crippen molar-refractivity contribution in [3.8, 4) is 0 Å². The number of hydrogen-bond donors (Lipinski definition) is 1. The molecule has 1 aromatic rings. The maximum atomic E-state index is 6.21. The summed E-state index contributed by atoms with van der Waals surface area (Å²) in [5, 5.41) is 4.69. The Labute approximate surface area is 127 Å². The maximum absolute atomic E-state index is 6.21. The van der Waals surface area contributed by atoms with Crippen molar-refractivity contribution in [2.45, 2.75) is 38.6 Å². The van der Waals surface area contributed by atoms with Gasteiger partial charge < -0.3 is 5.32 Å². The fraction of sp³-hybridized carbons (Fsp3) is 0.667. The van der Waals surface area contributed by atoms with E-state index in [1.165, 1.54) is 31.2 Å². The van der Waals surface area contributed by atoms with Gasteiger partial charge in [-0.3, -0.25) is 0 Å². The number of nitrogens with one attached hydrogen (secondary N) is 1. The molecule has 3 fully saturated rings. The molecule has 4 rings (SSSR count). The maximum Gasteiger partial charge on any atom is 0.0409 e. The van der Waals surface area contributed by atoms with Gasteiger partial charge in [-0.1, -0.05) is 30.7 Å². The first kappa shape index (κ1) is 13.2. The van der Waals surface area contributed by atoms with Crippen LogP contribution >= 0.6 is 11.6 Å². The summed E-state index contributed by atoms with van der Waals surface area (Å²) in [5.74, 6) is 5.00. The van der Waals surface area contributed by atoms with Crippen LogP contribution in [0.15, 0.2) is 24.3 Å². The molecule has 1 N–H and O–H groups in total. The molecule has 3 saturated carbocycles. The minimum atomic E-state index is 0.534. The van der Waals surface area contributed by atoms with Gasteiger partial charge in [-0.2, -0.15) is 0 Å². The predicted molar refractivity (Wildman–Crippen MR) is 83.8 cm³/mol. The van der Waals surface area contributed by atoms with E-state index in [9.17, 15) is 0 Å². The van der Waals surface area contributed by atoms with Gasteiger partial charge in [-0.15, -0.1) is 0 Å². The molecule has 2 heteroatoms. The lowest BCUT2D eigenvalue weighted by Gasteiger charge is -2.22. The third-order valence-electron chi connectivity index (χ3n) is 6.00. The van der Waals surface area contributed by atoms with Gasteiger partial charge in [0.05, 0.1) is 0 Å². The van der Waals surface area contributed by atoms with Crippen molar-refractivity contribution in [1.82, 2.24) is 5.32 Å². The average molecular weight is 290 g/mol. The van der Waals surface area contributed by atoms with Crippen LogP contribution in [0.5, 0.6) is 0 Å². The smallest absolute Gasteiger partial charge is 0.0409 e. The minimum Gasteiger partial charge on any atom is -0.310 e. The Morgan fingerprint density at radius 3 is 2.65 bits per heavy atom. The zero-order chi connectivity index (χ0) is 13.7. The molecule has 3 aliphatic rings. The summed E-state index contributed by atoms with van der Waals surface area (Å²) in [6.45, 7) is 3.36. The van der Waals surface area contributed by atoms with E-state index < -0.39 is 0 Å². The summed E-state index contributed by atoms with van der Waals surface area (Å²) in [4.78, 5) is 0. The Bertz CT molecular complexity index is 484. The fourth-order valence-corrected chi connectivity index (χ4v) is 5.51. The Hall–Kier alpha value is -0.530. The number of benzene rings is 1. The molecular weight excluding hydrogens is 266 g/mol. The lowest BCUT2D eigenvalue weighted by Crippen LogP contribution is -2.26. The molecule has 2 bridgehead atoms. The van der Waals surface area contributed by atoms with Crippen molar-refractivity contribution in [1.29, 1.82) is 0 Å². The molecule has 108 valence electrons. The minimum absolute atomic E-state index is 0.534. The Kier molecular flexibility index (Phi) is 3.31. The standard InChI is InChI=1S/C18H24ClN/c1-2-8-20-18(13-4-3-5-14(19)10-13)17-15-11-6-7-12(9-11)16(15)17/h3-5,10-12,15-18,20H,2,6-9H2,1H3. The summed E-state index contributed by atoms with van der Waals surface area (Å²) >= 11 is 6.21. The van der Waals surface area contributed by atoms with Crippen LogP contribution in [-0.4, -0.2) is 6.54 Å². The van der Waals surface area contributed by atoms with Gasteiger partial charge >= 0.3 is 0 Å². The van der Waals surface area contributed by atoms with E-state index in [-0.39, 0.29) is 0 Å².